The molecule has 0 spiro atoms. The Morgan fingerprint density at radius 2 is 2.22 bits per heavy atom. The van der Waals surface area contributed by atoms with Gasteiger partial charge in [-0.3, -0.25) is 4.79 Å². The Labute approximate surface area is 111 Å². The van der Waals surface area contributed by atoms with Crippen LogP contribution in [-0.4, -0.2) is 23.8 Å². The van der Waals surface area contributed by atoms with Crippen LogP contribution in [-0.2, 0) is 6.42 Å². The fourth-order valence-electron chi connectivity index (χ4n) is 1.85. The van der Waals surface area contributed by atoms with Gasteiger partial charge in [0.05, 0.1) is 0 Å². The van der Waals surface area contributed by atoms with E-state index in [1.54, 1.807) is 0 Å². The molecular weight excluding hydrogens is 250 g/mol. The zero-order chi connectivity index (χ0) is 13.0. The number of rotatable bonds is 4. The quantitative estimate of drug-likeness (QED) is 0.911. The predicted molar refractivity (Wildman–Crippen MR) is 72.4 cm³/mol. The Bertz CT molecular complexity index is 436. The second-order valence-corrected chi connectivity index (χ2v) is 5.39. The highest BCUT2D eigenvalue weighted by Crippen LogP contribution is 2.32. The lowest BCUT2D eigenvalue weighted by molar-refractivity contribution is 0.174. The highest BCUT2D eigenvalue weighted by Gasteiger charge is 2.14. The standard InChI is InChI=1S/C13H17NO3S/c1-3-18-13(15)14-9(2)6-10-4-5-11-12(7-10)17-8-16-11/h4-5,7,9H,3,6,8H2,1-2H3,(H,14,15). The molecule has 0 aromatic heterocycles. The van der Waals surface area contributed by atoms with Gasteiger partial charge in [-0.1, -0.05) is 24.8 Å². The number of fused-ring (bicyclic) bond motifs is 1. The molecule has 0 saturated heterocycles. The molecule has 1 aromatic rings. The minimum atomic E-state index is 0.0331. The normalized spacial score (nSPS) is 14.3. The molecular formula is C13H17NO3S. The average Bonchev–Trinajstić information content (AvgIpc) is 2.76. The van der Waals surface area contributed by atoms with Crippen LogP contribution in [0.4, 0.5) is 4.79 Å². The summed E-state index contributed by atoms with van der Waals surface area (Å²) in [6, 6.07) is 5.99. The third-order valence-corrected chi connectivity index (χ3v) is 3.29. The summed E-state index contributed by atoms with van der Waals surface area (Å²) in [6.07, 6.45) is 0.784. The molecule has 1 amide bonds. The van der Waals surface area contributed by atoms with Gasteiger partial charge in [-0.15, -0.1) is 0 Å². The van der Waals surface area contributed by atoms with Gasteiger partial charge in [0.2, 0.25) is 6.79 Å². The van der Waals surface area contributed by atoms with Crippen molar-refractivity contribution in [1.29, 1.82) is 0 Å². The van der Waals surface area contributed by atoms with Crippen molar-refractivity contribution >= 4 is 17.0 Å². The number of hydrogen-bond acceptors (Lipinski definition) is 4. The molecule has 18 heavy (non-hydrogen) atoms. The maximum Gasteiger partial charge on any atom is 0.279 e. The van der Waals surface area contributed by atoms with Crippen LogP contribution in [0.2, 0.25) is 0 Å². The van der Waals surface area contributed by atoms with E-state index in [2.05, 4.69) is 5.32 Å². The second kappa shape index (κ2) is 6.00. The molecule has 1 atom stereocenters. The first-order valence-electron chi connectivity index (χ1n) is 6.01. The van der Waals surface area contributed by atoms with Crippen LogP contribution in [0.3, 0.4) is 0 Å². The number of amides is 1. The van der Waals surface area contributed by atoms with Gasteiger partial charge in [-0.05, 0) is 36.8 Å². The molecule has 0 fully saturated rings. The van der Waals surface area contributed by atoms with Crippen molar-refractivity contribution < 1.29 is 14.3 Å². The number of hydrogen-bond donors (Lipinski definition) is 1. The first-order chi connectivity index (χ1) is 8.69. The summed E-state index contributed by atoms with van der Waals surface area (Å²) in [6.45, 7) is 4.25. The first kappa shape index (κ1) is 13.1. The van der Waals surface area contributed by atoms with Gasteiger partial charge in [0.15, 0.2) is 11.5 Å². The Hall–Kier alpha value is -1.36. The number of carbonyl (C=O) groups excluding carboxylic acids is 1. The second-order valence-electron chi connectivity index (χ2n) is 4.16. The van der Waals surface area contributed by atoms with Gasteiger partial charge >= 0.3 is 0 Å². The minimum Gasteiger partial charge on any atom is -0.454 e. The predicted octanol–water partition coefficient (Wildman–Crippen LogP) is 2.81. The van der Waals surface area contributed by atoms with Gasteiger partial charge in [-0.25, -0.2) is 0 Å². The number of benzene rings is 1. The van der Waals surface area contributed by atoms with E-state index in [9.17, 15) is 4.79 Å². The summed E-state index contributed by atoms with van der Waals surface area (Å²) in [4.78, 5) is 11.4. The Kier molecular flexibility index (Phi) is 4.36. The molecule has 1 aromatic carbocycles. The molecule has 1 N–H and O–H groups in total. The van der Waals surface area contributed by atoms with E-state index in [1.807, 2.05) is 32.0 Å². The van der Waals surface area contributed by atoms with Gasteiger partial charge in [0.25, 0.3) is 5.24 Å². The van der Waals surface area contributed by atoms with E-state index < -0.39 is 0 Å². The smallest absolute Gasteiger partial charge is 0.279 e. The van der Waals surface area contributed by atoms with Crippen LogP contribution in [0.15, 0.2) is 18.2 Å². The number of thioether (sulfide) groups is 1. The summed E-state index contributed by atoms with van der Waals surface area (Å²) in [7, 11) is 0. The van der Waals surface area contributed by atoms with Gasteiger partial charge in [-0.2, -0.15) is 0 Å². The zero-order valence-corrected chi connectivity index (χ0v) is 11.4. The van der Waals surface area contributed by atoms with E-state index in [4.69, 9.17) is 9.47 Å². The summed E-state index contributed by atoms with van der Waals surface area (Å²) < 4.78 is 10.6. The fraction of sp³-hybridized carbons (Fsp3) is 0.462. The average molecular weight is 267 g/mol. The van der Waals surface area contributed by atoms with Crippen molar-refractivity contribution in [2.24, 2.45) is 0 Å². The number of nitrogens with one attached hydrogen (secondary N) is 1. The maximum absolute atomic E-state index is 11.4. The van der Waals surface area contributed by atoms with Crippen molar-refractivity contribution in [2.75, 3.05) is 12.5 Å². The van der Waals surface area contributed by atoms with Crippen LogP contribution in [0.1, 0.15) is 19.4 Å². The highest BCUT2D eigenvalue weighted by atomic mass is 32.2. The molecule has 1 heterocycles. The molecule has 1 aliphatic heterocycles. The van der Waals surface area contributed by atoms with Gasteiger partial charge in [0.1, 0.15) is 0 Å². The topological polar surface area (TPSA) is 47.6 Å². The van der Waals surface area contributed by atoms with Crippen LogP contribution >= 0.6 is 11.8 Å². The van der Waals surface area contributed by atoms with E-state index in [1.165, 1.54) is 11.8 Å². The Morgan fingerprint density at radius 3 is 3.00 bits per heavy atom. The van der Waals surface area contributed by atoms with E-state index in [0.29, 0.717) is 0 Å². The minimum absolute atomic E-state index is 0.0331. The monoisotopic (exact) mass is 267 g/mol. The summed E-state index contributed by atoms with van der Waals surface area (Å²) in [5.74, 6) is 2.37. The molecule has 0 aliphatic carbocycles. The highest BCUT2D eigenvalue weighted by molar-refractivity contribution is 8.13. The molecule has 0 radical (unpaired) electrons. The third kappa shape index (κ3) is 3.32. The van der Waals surface area contributed by atoms with Crippen LogP contribution in [0, 0.1) is 0 Å². The lowest BCUT2D eigenvalue weighted by atomic mass is 10.1. The molecule has 2 rings (SSSR count). The number of carbonyl (C=O) groups is 1. The molecule has 5 heteroatoms. The third-order valence-electron chi connectivity index (χ3n) is 2.62. The lowest BCUT2D eigenvalue weighted by Crippen LogP contribution is -2.31. The SMILES string of the molecule is CCSC(=O)NC(C)Cc1ccc2c(c1)OCO2. The number of ether oxygens (including phenoxy) is 2. The maximum atomic E-state index is 11.4. The van der Waals surface area contributed by atoms with Crippen molar-refractivity contribution in [3.63, 3.8) is 0 Å². The van der Waals surface area contributed by atoms with E-state index in [0.717, 1.165) is 29.2 Å². The first-order valence-corrected chi connectivity index (χ1v) is 6.99. The molecule has 0 bridgehead atoms. The van der Waals surface area contributed by atoms with Gasteiger partial charge < -0.3 is 14.8 Å². The van der Waals surface area contributed by atoms with Crippen molar-refractivity contribution in [3.05, 3.63) is 23.8 Å². The van der Waals surface area contributed by atoms with Crippen LogP contribution in [0.25, 0.3) is 0 Å². The van der Waals surface area contributed by atoms with Crippen molar-refractivity contribution in [1.82, 2.24) is 5.32 Å². The molecule has 4 nitrogen and oxygen atoms in total. The molecule has 98 valence electrons. The van der Waals surface area contributed by atoms with Crippen LogP contribution < -0.4 is 14.8 Å². The lowest BCUT2D eigenvalue weighted by Gasteiger charge is -2.13. The Morgan fingerprint density at radius 1 is 1.44 bits per heavy atom. The molecule has 1 aliphatic rings. The van der Waals surface area contributed by atoms with Crippen molar-refractivity contribution in [3.8, 4) is 11.5 Å². The summed E-state index contributed by atoms with van der Waals surface area (Å²) >= 11 is 1.30. The van der Waals surface area contributed by atoms with E-state index in [-0.39, 0.29) is 18.1 Å². The fourth-order valence-corrected chi connectivity index (χ4v) is 2.39. The Balaban J connectivity index is 1.91. The zero-order valence-electron chi connectivity index (χ0n) is 10.6. The van der Waals surface area contributed by atoms with Crippen molar-refractivity contribution in [2.45, 2.75) is 26.3 Å². The summed E-state index contributed by atoms with van der Waals surface area (Å²) in [5.41, 5.74) is 1.13. The largest absolute Gasteiger partial charge is 0.454 e. The van der Waals surface area contributed by atoms with E-state index >= 15 is 0 Å². The van der Waals surface area contributed by atoms with Gasteiger partial charge in [0, 0.05) is 6.04 Å². The molecule has 1 unspecified atom stereocenters. The summed E-state index contributed by atoms with van der Waals surface area (Å²) in [5, 5.41) is 2.98. The van der Waals surface area contributed by atoms with Crippen LogP contribution in [0.5, 0.6) is 11.5 Å². The molecule has 0 saturated carbocycles.